The average Bonchev–Trinajstić information content (AvgIpc) is 3.39. The number of nitrogens with zero attached hydrogens (tertiary/aromatic N) is 3. The van der Waals surface area contributed by atoms with Crippen LogP contribution in [0.25, 0.3) is 28.0 Å². The Morgan fingerprint density at radius 1 is 1.05 bits per heavy atom. The third kappa shape index (κ3) is 4.90. The molecule has 1 atom stereocenters. The molecule has 1 N–H and O–H groups in total. The first-order valence-corrected chi connectivity index (χ1v) is 13.5. The first kappa shape index (κ1) is 25.5. The molecule has 0 radical (unpaired) electrons. The lowest BCUT2D eigenvalue weighted by Gasteiger charge is -2.14. The lowest BCUT2D eigenvalue weighted by Crippen LogP contribution is -2.36. The molecule has 1 amide bonds. The molecular weight excluding hydrogens is 552 g/mol. The van der Waals surface area contributed by atoms with E-state index in [0.29, 0.717) is 26.7 Å². The zero-order chi connectivity index (χ0) is 26.5. The molecule has 0 unspecified atom stereocenters. The number of nitrogens with one attached hydrogen (secondary N) is 1. The quantitative estimate of drug-likeness (QED) is 0.360. The maximum atomic E-state index is 14.1. The number of alkyl halides is 3. The topological polar surface area (TPSA) is 93.4 Å². The van der Waals surface area contributed by atoms with Crippen LogP contribution in [0, 0.1) is 0 Å². The van der Waals surface area contributed by atoms with Crippen LogP contribution in [0.4, 0.5) is 13.2 Å². The van der Waals surface area contributed by atoms with Gasteiger partial charge in [0, 0.05) is 39.0 Å². The fourth-order valence-electron chi connectivity index (χ4n) is 4.32. The highest BCUT2D eigenvalue weighted by Gasteiger charge is 2.42. The van der Waals surface area contributed by atoms with Crippen molar-refractivity contribution in [1.82, 2.24) is 19.9 Å². The molecule has 1 fully saturated rings. The van der Waals surface area contributed by atoms with Gasteiger partial charge in [-0.1, -0.05) is 53.5 Å². The molecule has 0 aliphatic carbocycles. The average molecular weight is 569 g/mol. The summed E-state index contributed by atoms with van der Waals surface area (Å²) in [5.74, 6) is -1.61. The van der Waals surface area contributed by atoms with Crippen LogP contribution in [0.15, 0.2) is 54.7 Å². The minimum atomic E-state index is -5.00. The molecule has 1 aliphatic rings. The van der Waals surface area contributed by atoms with Crippen molar-refractivity contribution in [2.45, 2.75) is 18.6 Å². The second-order valence-electron chi connectivity index (χ2n) is 8.54. The monoisotopic (exact) mass is 568 g/mol. The largest absolute Gasteiger partial charge is 0.436 e. The van der Waals surface area contributed by atoms with E-state index in [9.17, 15) is 26.4 Å². The van der Waals surface area contributed by atoms with Gasteiger partial charge in [0.1, 0.15) is 5.56 Å². The summed E-state index contributed by atoms with van der Waals surface area (Å²) in [5, 5.41) is 6.96. The van der Waals surface area contributed by atoms with Crippen LogP contribution in [0.1, 0.15) is 22.5 Å². The number of hydrogen-bond donors (Lipinski definition) is 1. The van der Waals surface area contributed by atoms with Gasteiger partial charge in [-0.05, 0) is 24.6 Å². The molecule has 37 heavy (non-hydrogen) atoms. The van der Waals surface area contributed by atoms with E-state index in [-0.39, 0.29) is 29.3 Å². The summed E-state index contributed by atoms with van der Waals surface area (Å²) in [4.78, 5) is 17.3. The number of fused-ring (bicyclic) bond motifs is 1. The number of carbonyl (C=O) groups is 1. The number of sulfone groups is 1. The molecule has 1 saturated heterocycles. The number of hydrogen-bond acceptors (Lipinski definition) is 5. The smallest absolute Gasteiger partial charge is 0.348 e. The van der Waals surface area contributed by atoms with Crippen LogP contribution >= 0.6 is 23.2 Å². The van der Waals surface area contributed by atoms with Crippen molar-refractivity contribution < 1.29 is 26.4 Å². The van der Waals surface area contributed by atoms with E-state index >= 15 is 0 Å². The summed E-state index contributed by atoms with van der Waals surface area (Å²) in [6.45, 7) is 0. The van der Waals surface area contributed by atoms with E-state index in [1.54, 1.807) is 48.5 Å². The van der Waals surface area contributed by atoms with Crippen molar-refractivity contribution in [3.8, 4) is 22.4 Å². The lowest BCUT2D eigenvalue weighted by molar-refractivity contribution is -0.141. The van der Waals surface area contributed by atoms with Gasteiger partial charge in [-0.2, -0.15) is 18.3 Å². The maximum absolute atomic E-state index is 14.1. The Hall–Kier alpha value is -3.15. The summed E-state index contributed by atoms with van der Waals surface area (Å²) in [6.07, 6.45) is -3.56. The highest BCUT2D eigenvalue weighted by molar-refractivity contribution is 7.91. The molecule has 3 heterocycles. The summed E-state index contributed by atoms with van der Waals surface area (Å²) < 4.78 is 67.0. The second kappa shape index (κ2) is 9.30. The number of aromatic nitrogens is 3. The molecule has 5 rings (SSSR count). The summed E-state index contributed by atoms with van der Waals surface area (Å²) in [5.41, 5.74) is -1.03. The van der Waals surface area contributed by atoms with Gasteiger partial charge in [-0.15, -0.1) is 0 Å². The van der Waals surface area contributed by atoms with Crippen LogP contribution in [0.2, 0.25) is 10.0 Å². The molecule has 13 heteroatoms. The van der Waals surface area contributed by atoms with E-state index in [0.717, 1.165) is 4.52 Å². The maximum Gasteiger partial charge on any atom is 0.436 e. The molecule has 1 aliphatic heterocycles. The Kier molecular flexibility index (Phi) is 6.41. The number of benzene rings is 2. The molecule has 0 spiro atoms. The van der Waals surface area contributed by atoms with Crippen LogP contribution in [0.3, 0.4) is 0 Å². The van der Waals surface area contributed by atoms with Crippen molar-refractivity contribution in [2.24, 2.45) is 0 Å². The van der Waals surface area contributed by atoms with Crippen molar-refractivity contribution >= 4 is 44.6 Å². The third-order valence-electron chi connectivity index (χ3n) is 5.99. The van der Waals surface area contributed by atoms with Gasteiger partial charge in [0.05, 0.1) is 17.2 Å². The molecule has 192 valence electrons. The van der Waals surface area contributed by atoms with Gasteiger partial charge >= 0.3 is 6.18 Å². The predicted molar refractivity (Wildman–Crippen MR) is 133 cm³/mol. The number of amides is 1. The fraction of sp³-hybridized carbons (Fsp3) is 0.208. The van der Waals surface area contributed by atoms with Crippen molar-refractivity contribution in [3.63, 3.8) is 0 Å². The van der Waals surface area contributed by atoms with Gasteiger partial charge in [0.2, 0.25) is 0 Å². The van der Waals surface area contributed by atoms with Crippen LogP contribution in [0.5, 0.6) is 0 Å². The van der Waals surface area contributed by atoms with Crippen LogP contribution in [-0.2, 0) is 16.0 Å². The molecular formula is C24H17Cl2F3N4O3S. The lowest BCUT2D eigenvalue weighted by atomic mass is 10.0. The molecule has 2 aromatic heterocycles. The SMILES string of the molecule is O=C(N[C@@H]1CCS(=O)(=O)C1)c1c(C(F)(F)F)nn2c(-c3ccc(Cl)cc3)c(-c3ccccc3Cl)cnc12. The number of rotatable bonds is 4. The Morgan fingerprint density at radius 2 is 1.76 bits per heavy atom. The second-order valence-corrected chi connectivity index (χ2v) is 11.6. The van der Waals surface area contributed by atoms with Crippen LogP contribution < -0.4 is 5.32 Å². The van der Waals surface area contributed by atoms with E-state index in [1.165, 1.54) is 6.20 Å². The minimum absolute atomic E-state index is 0.106. The van der Waals surface area contributed by atoms with Crippen molar-refractivity contribution in [1.29, 1.82) is 0 Å². The predicted octanol–water partition coefficient (Wildman–Crippen LogP) is 5.31. The number of halogens is 5. The highest BCUT2D eigenvalue weighted by atomic mass is 35.5. The van der Waals surface area contributed by atoms with Crippen LogP contribution in [-0.4, -0.2) is 46.5 Å². The molecule has 7 nitrogen and oxygen atoms in total. The third-order valence-corrected chi connectivity index (χ3v) is 8.34. The first-order chi connectivity index (χ1) is 17.4. The summed E-state index contributed by atoms with van der Waals surface area (Å²) in [6, 6.07) is 12.3. The Bertz CT molecular complexity index is 1640. The van der Waals surface area contributed by atoms with Gasteiger partial charge < -0.3 is 5.32 Å². The Balaban J connectivity index is 1.76. The zero-order valence-electron chi connectivity index (χ0n) is 18.8. The number of carbonyl (C=O) groups excluding carboxylic acids is 1. The standard InChI is InChI=1S/C24H17Cl2F3N4O3S/c25-14-7-5-13(6-8-14)20-17(16-3-1-2-4-18(16)26)11-30-22-19(21(24(27,28)29)32-33(20)22)23(34)31-15-9-10-37(35,36)12-15/h1-8,11,15H,9-10,12H2,(H,31,34)/t15-/m1/s1. The van der Waals surface area contributed by atoms with Gasteiger partial charge in [-0.25, -0.2) is 17.9 Å². The molecule has 2 aromatic carbocycles. The molecule has 0 saturated carbocycles. The van der Waals surface area contributed by atoms with E-state index in [1.807, 2.05) is 0 Å². The van der Waals surface area contributed by atoms with Gasteiger partial charge in [-0.3, -0.25) is 4.79 Å². The van der Waals surface area contributed by atoms with E-state index in [4.69, 9.17) is 23.2 Å². The highest BCUT2D eigenvalue weighted by Crippen LogP contribution is 2.39. The Morgan fingerprint density at radius 3 is 2.38 bits per heavy atom. The molecule has 4 aromatic rings. The van der Waals surface area contributed by atoms with E-state index in [2.05, 4.69) is 15.4 Å². The van der Waals surface area contributed by atoms with E-state index < -0.39 is 39.2 Å². The van der Waals surface area contributed by atoms with Crippen molar-refractivity contribution in [3.05, 3.63) is 76.0 Å². The zero-order valence-corrected chi connectivity index (χ0v) is 21.1. The normalized spacial score (nSPS) is 17.3. The molecule has 0 bridgehead atoms. The van der Waals surface area contributed by atoms with Gasteiger partial charge in [0.25, 0.3) is 5.91 Å². The van der Waals surface area contributed by atoms with Gasteiger partial charge in [0.15, 0.2) is 21.2 Å². The summed E-state index contributed by atoms with van der Waals surface area (Å²) in [7, 11) is -3.37. The minimum Gasteiger partial charge on any atom is -0.348 e. The Labute approximate surface area is 219 Å². The fourth-order valence-corrected chi connectivity index (χ4v) is 6.36. The first-order valence-electron chi connectivity index (χ1n) is 11.0. The summed E-state index contributed by atoms with van der Waals surface area (Å²) >= 11 is 12.4. The van der Waals surface area contributed by atoms with Crippen molar-refractivity contribution in [2.75, 3.05) is 11.5 Å².